The largest absolute Gasteiger partial charge is 0.519 e. The van der Waals surface area contributed by atoms with E-state index in [2.05, 4.69) is 24.6 Å². The molecule has 17 heavy (non-hydrogen) atoms. The highest BCUT2D eigenvalue weighted by Crippen LogP contribution is 2.13. The molecule has 0 heterocycles. The van der Waals surface area contributed by atoms with Crippen molar-refractivity contribution in [2.24, 2.45) is 5.92 Å². The van der Waals surface area contributed by atoms with E-state index in [9.17, 15) is 4.79 Å². The average molecular weight is 279 g/mol. The molecule has 0 saturated carbocycles. The van der Waals surface area contributed by atoms with Gasteiger partial charge in [-0.3, -0.25) is 4.79 Å². The van der Waals surface area contributed by atoms with E-state index in [4.69, 9.17) is 8.54 Å². The molecule has 3 nitrogen and oxygen atoms in total. The van der Waals surface area contributed by atoms with E-state index in [1.165, 1.54) is 0 Å². The van der Waals surface area contributed by atoms with Crippen molar-refractivity contribution in [3.8, 4) is 0 Å². The van der Waals surface area contributed by atoms with Crippen molar-refractivity contribution in [3.05, 3.63) is 0 Å². The van der Waals surface area contributed by atoms with Gasteiger partial charge in [0.25, 0.3) is 0 Å². The molecular formula is C12H29NO2Si2. The van der Waals surface area contributed by atoms with E-state index in [0.29, 0.717) is 0 Å². The summed E-state index contributed by atoms with van der Waals surface area (Å²) in [5.74, 6) is -0.840. The summed E-state index contributed by atoms with van der Waals surface area (Å²) >= 11 is 0. The standard InChI is InChI=1S/C12H29NO2Si2/c1-10(2)9-11(13-16(3,4)5)12(14)15-17(6,7)8/h10-11,13H,9H2,1-8H3/t11-/m0/s1/i1D3/t10?,11-. The van der Waals surface area contributed by atoms with Crippen LogP contribution in [0.3, 0.4) is 0 Å². The lowest BCUT2D eigenvalue weighted by Gasteiger charge is -2.29. The Morgan fingerprint density at radius 1 is 1.29 bits per heavy atom. The van der Waals surface area contributed by atoms with Gasteiger partial charge in [0.2, 0.25) is 8.32 Å². The molecule has 0 fully saturated rings. The molecule has 0 aliphatic carbocycles. The molecule has 102 valence electrons. The fourth-order valence-corrected chi connectivity index (χ4v) is 3.49. The van der Waals surface area contributed by atoms with Crippen LogP contribution < -0.4 is 4.98 Å². The number of hydrogen-bond donors (Lipinski definition) is 1. The second-order valence-electron chi connectivity index (χ2n) is 6.62. The molecule has 1 unspecified atom stereocenters. The zero-order valence-electron chi connectivity index (χ0n) is 15.2. The summed E-state index contributed by atoms with van der Waals surface area (Å²) in [5, 5.41) is 0. The van der Waals surface area contributed by atoms with Crippen LogP contribution in [0.15, 0.2) is 0 Å². The molecule has 2 atom stereocenters. The van der Waals surface area contributed by atoms with Crippen LogP contribution in [0.2, 0.25) is 39.3 Å². The van der Waals surface area contributed by atoms with Crippen LogP contribution in [0.25, 0.3) is 0 Å². The van der Waals surface area contributed by atoms with Crippen molar-refractivity contribution < 1.29 is 13.3 Å². The van der Waals surface area contributed by atoms with Crippen molar-refractivity contribution in [1.82, 2.24) is 4.98 Å². The van der Waals surface area contributed by atoms with Crippen LogP contribution in [-0.2, 0) is 9.22 Å². The molecule has 0 aliphatic rings. The maximum atomic E-state index is 12.3. The minimum Gasteiger partial charge on any atom is -0.519 e. The van der Waals surface area contributed by atoms with Crippen LogP contribution in [0.4, 0.5) is 0 Å². The third-order valence-electron chi connectivity index (χ3n) is 1.89. The number of nitrogens with one attached hydrogen (secondary N) is 1. The molecule has 0 radical (unpaired) electrons. The normalized spacial score (nSPS) is 19.8. The lowest BCUT2D eigenvalue weighted by molar-refractivity contribution is -0.137. The maximum Gasteiger partial charge on any atom is 0.309 e. The number of carbonyl (C=O) groups excluding carboxylic acids is 1. The van der Waals surface area contributed by atoms with Gasteiger partial charge in [-0.2, -0.15) is 0 Å². The summed E-state index contributed by atoms with van der Waals surface area (Å²) < 4.78 is 27.9. The number of hydrogen-bond acceptors (Lipinski definition) is 3. The Morgan fingerprint density at radius 2 is 1.82 bits per heavy atom. The SMILES string of the molecule is [2H]C([2H])([2H])C(C)C[C@H](N[Si](C)(C)C)C(=O)O[Si](C)(C)C. The predicted octanol–water partition coefficient (Wildman–Crippen LogP) is 3.20. The molecule has 0 aromatic carbocycles. The summed E-state index contributed by atoms with van der Waals surface area (Å²) in [6.07, 6.45) is 0.282. The zero-order chi connectivity index (χ0) is 16.4. The van der Waals surface area contributed by atoms with Crippen molar-refractivity contribution in [1.29, 1.82) is 0 Å². The van der Waals surface area contributed by atoms with Gasteiger partial charge in [-0.1, -0.05) is 33.4 Å². The van der Waals surface area contributed by atoms with Crippen molar-refractivity contribution in [2.45, 2.75) is 65.5 Å². The van der Waals surface area contributed by atoms with Crippen LogP contribution >= 0.6 is 0 Å². The summed E-state index contributed by atoms with van der Waals surface area (Å²) in [6.45, 7) is 11.7. The van der Waals surface area contributed by atoms with Crippen LogP contribution in [0.5, 0.6) is 0 Å². The van der Waals surface area contributed by atoms with Crippen LogP contribution in [0.1, 0.15) is 24.3 Å². The van der Waals surface area contributed by atoms with Crippen LogP contribution in [0, 0.1) is 5.92 Å². The van der Waals surface area contributed by atoms with Gasteiger partial charge >= 0.3 is 5.97 Å². The van der Waals surface area contributed by atoms with Gasteiger partial charge in [0.05, 0.1) is 6.04 Å². The fraction of sp³-hybridized carbons (Fsp3) is 0.917. The first-order valence-electron chi connectivity index (χ1n) is 7.62. The topological polar surface area (TPSA) is 38.3 Å². The molecule has 0 aromatic rings. The van der Waals surface area contributed by atoms with Gasteiger partial charge in [-0.25, -0.2) is 0 Å². The number of rotatable bonds is 6. The predicted molar refractivity (Wildman–Crippen MR) is 79.2 cm³/mol. The summed E-state index contributed by atoms with van der Waals surface area (Å²) in [4.78, 5) is 15.6. The zero-order valence-corrected chi connectivity index (χ0v) is 14.2. The Kier molecular flexibility index (Phi) is 4.32. The molecule has 0 rings (SSSR count). The van der Waals surface area contributed by atoms with Gasteiger partial charge in [0.15, 0.2) is 0 Å². The van der Waals surface area contributed by atoms with Gasteiger partial charge in [-0.05, 0) is 32.0 Å². The summed E-state index contributed by atoms with van der Waals surface area (Å²) in [5.41, 5.74) is 0. The third-order valence-corrected chi connectivity index (χ3v) is 3.92. The van der Waals surface area contributed by atoms with E-state index >= 15 is 0 Å². The van der Waals surface area contributed by atoms with Crippen molar-refractivity contribution in [2.75, 3.05) is 0 Å². The molecule has 0 bridgehead atoms. The van der Waals surface area contributed by atoms with E-state index in [1.54, 1.807) is 6.92 Å². The second-order valence-corrected chi connectivity index (χ2v) is 15.8. The lowest BCUT2D eigenvalue weighted by atomic mass is 10.1. The first kappa shape index (κ1) is 11.9. The first-order valence-corrected chi connectivity index (χ1v) is 13.0. The summed E-state index contributed by atoms with van der Waals surface area (Å²) in [7, 11) is -3.67. The van der Waals surface area contributed by atoms with Gasteiger partial charge in [0.1, 0.15) is 8.24 Å². The van der Waals surface area contributed by atoms with Gasteiger partial charge < -0.3 is 9.41 Å². The minimum absolute atomic E-state index is 0.282. The number of carbonyl (C=O) groups is 1. The molecule has 0 aliphatic heterocycles. The molecule has 0 spiro atoms. The minimum atomic E-state index is -2.04. The van der Waals surface area contributed by atoms with E-state index in [-0.39, 0.29) is 12.4 Å². The van der Waals surface area contributed by atoms with Gasteiger partial charge in [0, 0.05) is 4.11 Å². The molecule has 0 saturated heterocycles. The van der Waals surface area contributed by atoms with Crippen molar-refractivity contribution in [3.63, 3.8) is 0 Å². The van der Waals surface area contributed by atoms with E-state index < -0.39 is 35.4 Å². The molecule has 5 heteroatoms. The van der Waals surface area contributed by atoms with Crippen molar-refractivity contribution >= 4 is 22.5 Å². The molecule has 0 amide bonds. The highest BCUT2D eigenvalue weighted by atomic mass is 28.4. The van der Waals surface area contributed by atoms with E-state index in [1.807, 2.05) is 19.6 Å². The quantitative estimate of drug-likeness (QED) is 0.758. The van der Waals surface area contributed by atoms with E-state index in [0.717, 1.165) is 0 Å². The third kappa shape index (κ3) is 9.55. The first-order chi connectivity index (χ1) is 8.62. The Balaban J connectivity index is 4.96. The molecule has 0 aromatic heterocycles. The van der Waals surface area contributed by atoms with Crippen LogP contribution in [-0.4, -0.2) is 28.6 Å². The molecule has 1 N–H and O–H groups in total. The second kappa shape index (κ2) is 6.15. The highest BCUT2D eigenvalue weighted by Gasteiger charge is 2.30. The highest BCUT2D eigenvalue weighted by molar-refractivity contribution is 6.74. The average Bonchev–Trinajstić information content (AvgIpc) is 2.09. The Hall–Kier alpha value is -0.136. The Morgan fingerprint density at radius 3 is 2.18 bits per heavy atom. The maximum absolute atomic E-state index is 12.3. The molecular weight excluding hydrogens is 246 g/mol. The lowest BCUT2D eigenvalue weighted by Crippen LogP contribution is -2.53. The summed E-state index contributed by atoms with van der Waals surface area (Å²) in [6, 6.07) is -0.524. The fourth-order valence-electron chi connectivity index (χ4n) is 1.46. The monoisotopic (exact) mass is 278 g/mol. The Bertz CT molecular complexity index is 335. The smallest absolute Gasteiger partial charge is 0.309 e. The van der Waals surface area contributed by atoms with Gasteiger partial charge in [-0.15, -0.1) is 0 Å². The Labute approximate surface area is 113 Å².